The van der Waals surface area contributed by atoms with Gasteiger partial charge in [0.05, 0.1) is 6.54 Å². The van der Waals surface area contributed by atoms with Crippen LogP contribution in [0.3, 0.4) is 0 Å². The summed E-state index contributed by atoms with van der Waals surface area (Å²) in [7, 11) is 0. The van der Waals surface area contributed by atoms with Crippen LogP contribution in [0.15, 0.2) is 42.5 Å². The number of hydrogen-bond donors (Lipinski definition) is 3. The van der Waals surface area contributed by atoms with Crippen molar-refractivity contribution in [2.45, 2.75) is 13.0 Å². The van der Waals surface area contributed by atoms with Crippen LogP contribution in [0, 0.1) is 0 Å². The molecule has 1 aliphatic heterocycles. The van der Waals surface area contributed by atoms with Crippen molar-refractivity contribution in [2.24, 2.45) is 0 Å². The van der Waals surface area contributed by atoms with Gasteiger partial charge in [0.15, 0.2) is 0 Å². The third-order valence-electron chi connectivity index (χ3n) is 4.85. The van der Waals surface area contributed by atoms with Crippen molar-refractivity contribution in [3.05, 3.63) is 42.5 Å². The van der Waals surface area contributed by atoms with E-state index in [4.69, 9.17) is 4.74 Å². The molecule has 0 radical (unpaired) electrons. The molecule has 4 heteroatoms. The molecule has 1 atom stereocenters. The highest BCUT2D eigenvalue weighted by atomic mass is 16.5. The topological polar surface area (TPSA) is 38.3 Å². The van der Waals surface area contributed by atoms with Crippen LogP contribution < -0.4 is 14.5 Å². The second-order valence-electron chi connectivity index (χ2n) is 6.53. The van der Waals surface area contributed by atoms with E-state index in [-0.39, 0.29) is 0 Å². The van der Waals surface area contributed by atoms with Gasteiger partial charge in [-0.1, -0.05) is 30.3 Å². The predicted molar refractivity (Wildman–Crippen MR) is 92.3 cm³/mol. The summed E-state index contributed by atoms with van der Waals surface area (Å²) in [4.78, 5) is 3.17. The highest BCUT2D eigenvalue weighted by Gasteiger charge is 2.23. The number of rotatable bonds is 6. The molecule has 0 aliphatic carbocycles. The smallest absolute Gasteiger partial charge is 0.137 e. The van der Waals surface area contributed by atoms with E-state index in [0.29, 0.717) is 6.61 Å². The van der Waals surface area contributed by atoms with Crippen molar-refractivity contribution in [2.75, 3.05) is 45.9 Å². The monoisotopic (exact) mass is 316 g/mol. The number of likely N-dealkylation sites (N-methyl/N-ethyl adjacent to an activating group) is 1. The second-order valence-corrected chi connectivity index (χ2v) is 6.53. The number of hydrogen-bond acceptors (Lipinski definition) is 2. The zero-order valence-corrected chi connectivity index (χ0v) is 13.9. The van der Waals surface area contributed by atoms with Gasteiger partial charge < -0.3 is 19.6 Å². The van der Waals surface area contributed by atoms with Gasteiger partial charge in [0, 0.05) is 0 Å². The molecule has 0 unspecified atom stereocenters. The van der Waals surface area contributed by atoms with Crippen molar-refractivity contribution < 1.29 is 19.6 Å². The number of ether oxygens (including phenoxy) is 1. The average molecular weight is 316 g/mol. The summed E-state index contributed by atoms with van der Waals surface area (Å²) in [5.74, 6) is 0.831. The molecule has 0 amide bonds. The average Bonchev–Trinajstić information content (AvgIpc) is 2.60. The molecule has 124 valence electrons. The van der Waals surface area contributed by atoms with E-state index < -0.39 is 6.10 Å². The van der Waals surface area contributed by atoms with E-state index in [2.05, 4.69) is 25.1 Å². The summed E-state index contributed by atoms with van der Waals surface area (Å²) in [6.45, 7) is 9.32. The van der Waals surface area contributed by atoms with Crippen molar-refractivity contribution in [1.82, 2.24) is 0 Å². The third kappa shape index (κ3) is 4.44. The summed E-state index contributed by atoms with van der Waals surface area (Å²) in [5.41, 5.74) is 0. The maximum absolute atomic E-state index is 10.2. The Labute approximate surface area is 138 Å². The number of benzene rings is 2. The van der Waals surface area contributed by atoms with Crippen molar-refractivity contribution in [3.63, 3.8) is 0 Å². The number of aliphatic hydroxyl groups excluding tert-OH is 1. The Kier molecular flexibility index (Phi) is 5.49. The Bertz CT molecular complexity index is 624. The Balaban J connectivity index is 1.47. The van der Waals surface area contributed by atoms with Crippen LogP contribution in [0.1, 0.15) is 6.92 Å². The molecule has 3 N–H and O–H groups in total. The second kappa shape index (κ2) is 7.77. The normalized spacial score (nSPS) is 22.9. The van der Waals surface area contributed by atoms with E-state index in [1.165, 1.54) is 35.3 Å². The first-order valence-corrected chi connectivity index (χ1v) is 8.71. The van der Waals surface area contributed by atoms with Gasteiger partial charge in [-0.3, -0.25) is 0 Å². The summed E-state index contributed by atoms with van der Waals surface area (Å²) in [6, 6.07) is 14.3. The van der Waals surface area contributed by atoms with Gasteiger partial charge in [-0.05, 0) is 29.8 Å². The van der Waals surface area contributed by atoms with Crippen molar-refractivity contribution >= 4 is 10.8 Å². The van der Waals surface area contributed by atoms with Crippen LogP contribution in [-0.4, -0.2) is 57.1 Å². The molecule has 0 aromatic heterocycles. The molecule has 2 aromatic carbocycles. The maximum Gasteiger partial charge on any atom is 0.137 e. The fourth-order valence-electron chi connectivity index (χ4n) is 3.36. The van der Waals surface area contributed by atoms with Crippen molar-refractivity contribution in [1.29, 1.82) is 0 Å². The van der Waals surface area contributed by atoms with E-state index in [0.717, 1.165) is 25.4 Å². The van der Waals surface area contributed by atoms with Crippen LogP contribution >= 0.6 is 0 Å². The minimum atomic E-state index is -0.403. The summed E-state index contributed by atoms with van der Waals surface area (Å²) in [6.07, 6.45) is -0.403. The van der Waals surface area contributed by atoms with Crippen molar-refractivity contribution in [3.8, 4) is 5.75 Å². The SMILES string of the molecule is CC[NH+]1CC[NH+](C[C@@H](O)COc2ccc3ccccc3c2)CC1. The Morgan fingerprint density at radius 2 is 1.70 bits per heavy atom. The maximum atomic E-state index is 10.2. The summed E-state index contributed by atoms with van der Waals surface area (Å²) >= 11 is 0. The summed E-state index contributed by atoms with van der Waals surface area (Å²) < 4.78 is 5.79. The molecule has 0 saturated carbocycles. The van der Waals surface area contributed by atoms with Gasteiger partial charge in [-0.15, -0.1) is 0 Å². The quantitative estimate of drug-likeness (QED) is 0.665. The standard InChI is InChI=1S/C19H26N2O2/c1-2-20-9-11-21(12-10-20)14-18(22)15-23-19-8-7-16-5-3-4-6-17(16)13-19/h3-8,13,18,22H,2,9-12,14-15H2,1H3/p+2/t18-/m1/s1. The number of aliphatic hydroxyl groups is 1. The highest BCUT2D eigenvalue weighted by molar-refractivity contribution is 5.83. The molecule has 4 nitrogen and oxygen atoms in total. The van der Waals surface area contributed by atoms with Gasteiger partial charge >= 0.3 is 0 Å². The molecule has 3 rings (SSSR count). The van der Waals surface area contributed by atoms with Gasteiger partial charge in [0.1, 0.15) is 51.2 Å². The molecule has 23 heavy (non-hydrogen) atoms. The van der Waals surface area contributed by atoms with E-state index in [1.807, 2.05) is 24.3 Å². The number of fused-ring (bicyclic) bond motifs is 1. The fraction of sp³-hybridized carbons (Fsp3) is 0.474. The van der Waals surface area contributed by atoms with Crippen LogP contribution in [-0.2, 0) is 0 Å². The van der Waals surface area contributed by atoms with E-state index in [1.54, 1.807) is 4.90 Å². The minimum Gasteiger partial charge on any atom is -0.491 e. The number of quaternary nitrogens is 2. The van der Waals surface area contributed by atoms with Gasteiger partial charge in [0.2, 0.25) is 0 Å². The Morgan fingerprint density at radius 1 is 1.00 bits per heavy atom. The lowest BCUT2D eigenvalue weighted by Crippen LogP contribution is -3.28. The molecule has 1 saturated heterocycles. The molecular formula is C19H28N2O2+2. The van der Waals surface area contributed by atoms with E-state index >= 15 is 0 Å². The number of piperazine rings is 1. The largest absolute Gasteiger partial charge is 0.491 e. The first-order chi connectivity index (χ1) is 11.2. The summed E-state index contributed by atoms with van der Waals surface area (Å²) in [5, 5.41) is 12.6. The molecule has 2 aromatic rings. The molecule has 0 spiro atoms. The molecule has 1 aliphatic rings. The van der Waals surface area contributed by atoms with Gasteiger partial charge in [-0.2, -0.15) is 0 Å². The van der Waals surface area contributed by atoms with E-state index in [9.17, 15) is 5.11 Å². The molecule has 0 bridgehead atoms. The highest BCUT2D eigenvalue weighted by Crippen LogP contribution is 2.20. The zero-order valence-electron chi connectivity index (χ0n) is 13.9. The van der Waals surface area contributed by atoms with Gasteiger partial charge in [0.25, 0.3) is 0 Å². The fourth-order valence-corrected chi connectivity index (χ4v) is 3.36. The first kappa shape index (κ1) is 16.2. The molecule has 1 fully saturated rings. The zero-order chi connectivity index (χ0) is 16.1. The Morgan fingerprint density at radius 3 is 2.43 bits per heavy atom. The predicted octanol–water partition coefficient (Wildman–Crippen LogP) is -0.617. The van der Waals surface area contributed by atoms with Crippen LogP contribution in [0.4, 0.5) is 0 Å². The van der Waals surface area contributed by atoms with Gasteiger partial charge in [-0.25, -0.2) is 0 Å². The van der Waals surface area contributed by atoms with Crippen LogP contribution in [0.2, 0.25) is 0 Å². The van der Waals surface area contributed by atoms with Crippen LogP contribution in [0.5, 0.6) is 5.75 Å². The third-order valence-corrected chi connectivity index (χ3v) is 4.85. The Hall–Kier alpha value is -1.62. The molecular weight excluding hydrogens is 288 g/mol. The minimum absolute atomic E-state index is 0.367. The lowest BCUT2D eigenvalue weighted by Gasteiger charge is -2.30. The lowest BCUT2D eigenvalue weighted by molar-refractivity contribution is -1.01. The number of nitrogens with one attached hydrogen (secondary N) is 2. The molecule has 1 heterocycles. The first-order valence-electron chi connectivity index (χ1n) is 8.71. The van der Waals surface area contributed by atoms with Crippen LogP contribution in [0.25, 0.3) is 10.8 Å². The lowest BCUT2D eigenvalue weighted by atomic mass is 10.1.